The third-order valence-electron chi connectivity index (χ3n) is 4.22. The first-order valence-electron chi connectivity index (χ1n) is 7.77. The molecule has 108 valence electrons. The van der Waals surface area contributed by atoms with Gasteiger partial charge in [0, 0.05) is 4.47 Å². The zero-order valence-corrected chi connectivity index (χ0v) is 14.3. The average Bonchev–Trinajstić information content (AvgIpc) is 2.86. The topological polar surface area (TPSA) is 0 Å². The molecule has 1 aliphatic carbocycles. The van der Waals surface area contributed by atoms with E-state index in [9.17, 15) is 0 Å². The van der Waals surface area contributed by atoms with E-state index in [0.29, 0.717) is 0 Å². The third-order valence-corrected chi connectivity index (χ3v) is 4.88. The number of fused-ring (bicyclic) bond motifs is 1. The van der Waals surface area contributed by atoms with Crippen molar-refractivity contribution in [2.24, 2.45) is 0 Å². The maximum Gasteiger partial charge on any atom is 0.0257 e. The smallest absolute Gasteiger partial charge is 0.0257 e. The predicted molar refractivity (Wildman–Crippen MR) is 95.5 cm³/mol. The summed E-state index contributed by atoms with van der Waals surface area (Å²) in [5.41, 5.74) is 8.41. The van der Waals surface area contributed by atoms with E-state index in [2.05, 4.69) is 72.3 Å². The van der Waals surface area contributed by atoms with Crippen LogP contribution in [0.5, 0.6) is 0 Å². The molecular formula is C20H21Br. The molecule has 0 aliphatic heterocycles. The van der Waals surface area contributed by atoms with Gasteiger partial charge < -0.3 is 0 Å². The van der Waals surface area contributed by atoms with Crippen LogP contribution in [0.15, 0.2) is 46.4 Å². The Morgan fingerprint density at radius 1 is 1.05 bits per heavy atom. The van der Waals surface area contributed by atoms with Crippen LogP contribution in [0.1, 0.15) is 43.4 Å². The lowest BCUT2D eigenvalue weighted by molar-refractivity contribution is 0.795. The summed E-state index contributed by atoms with van der Waals surface area (Å²) in [4.78, 5) is 0. The fraction of sp³-hybridized carbons (Fsp3) is 0.300. The SMILES string of the molecule is CCCCc1ccc(-c2c(Br)ccc3c2CC(C)=C3)cc1. The predicted octanol–water partition coefficient (Wildman–Crippen LogP) is 6.42. The van der Waals surface area contributed by atoms with Gasteiger partial charge >= 0.3 is 0 Å². The van der Waals surface area contributed by atoms with E-state index in [1.54, 1.807) is 0 Å². The van der Waals surface area contributed by atoms with Crippen LogP contribution in [0.2, 0.25) is 0 Å². The molecule has 0 saturated carbocycles. The summed E-state index contributed by atoms with van der Waals surface area (Å²) in [6, 6.07) is 13.5. The van der Waals surface area contributed by atoms with Crippen LogP contribution in [0.4, 0.5) is 0 Å². The fourth-order valence-corrected chi connectivity index (χ4v) is 3.69. The normalized spacial score (nSPS) is 13.2. The van der Waals surface area contributed by atoms with Crippen LogP contribution in [0.25, 0.3) is 17.2 Å². The summed E-state index contributed by atoms with van der Waals surface area (Å²) in [7, 11) is 0. The van der Waals surface area contributed by atoms with Crippen molar-refractivity contribution in [3.63, 3.8) is 0 Å². The molecule has 0 nitrogen and oxygen atoms in total. The third kappa shape index (κ3) is 2.98. The van der Waals surface area contributed by atoms with Gasteiger partial charge in [0.1, 0.15) is 0 Å². The number of hydrogen-bond acceptors (Lipinski definition) is 0. The lowest BCUT2D eigenvalue weighted by Crippen LogP contribution is -1.92. The van der Waals surface area contributed by atoms with Gasteiger partial charge in [-0.2, -0.15) is 0 Å². The molecule has 0 saturated heterocycles. The quantitative estimate of drug-likeness (QED) is 0.602. The molecule has 0 unspecified atom stereocenters. The van der Waals surface area contributed by atoms with Crippen LogP contribution in [-0.2, 0) is 12.8 Å². The summed E-state index contributed by atoms with van der Waals surface area (Å²) in [6.45, 7) is 4.46. The highest BCUT2D eigenvalue weighted by atomic mass is 79.9. The van der Waals surface area contributed by atoms with Gasteiger partial charge in [0.2, 0.25) is 0 Å². The molecule has 0 spiro atoms. The Kier molecular flexibility index (Phi) is 4.30. The first-order valence-corrected chi connectivity index (χ1v) is 8.56. The summed E-state index contributed by atoms with van der Waals surface area (Å²) < 4.78 is 1.20. The van der Waals surface area contributed by atoms with Crippen molar-refractivity contribution >= 4 is 22.0 Å². The van der Waals surface area contributed by atoms with Crippen molar-refractivity contribution in [1.82, 2.24) is 0 Å². The molecule has 21 heavy (non-hydrogen) atoms. The highest BCUT2D eigenvalue weighted by Gasteiger charge is 2.17. The van der Waals surface area contributed by atoms with Crippen molar-refractivity contribution in [3.8, 4) is 11.1 Å². The molecule has 0 amide bonds. The van der Waals surface area contributed by atoms with Crippen molar-refractivity contribution in [2.75, 3.05) is 0 Å². The molecule has 0 bridgehead atoms. The Bertz CT molecular complexity index is 678. The van der Waals surface area contributed by atoms with Crippen LogP contribution in [0, 0.1) is 0 Å². The van der Waals surface area contributed by atoms with Gasteiger partial charge in [0.25, 0.3) is 0 Å². The molecule has 0 aromatic heterocycles. The van der Waals surface area contributed by atoms with Gasteiger partial charge in [-0.05, 0) is 60.1 Å². The molecule has 2 aromatic carbocycles. The minimum absolute atomic E-state index is 1.07. The first kappa shape index (κ1) is 14.6. The number of hydrogen-bond donors (Lipinski definition) is 0. The molecule has 3 rings (SSSR count). The molecular weight excluding hydrogens is 320 g/mol. The van der Waals surface area contributed by atoms with E-state index in [-0.39, 0.29) is 0 Å². The minimum Gasteiger partial charge on any atom is -0.0683 e. The van der Waals surface area contributed by atoms with Crippen LogP contribution in [-0.4, -0.2) is 0 Å². The fourth-order valence-electron chi connectivity index (χ4n) is 3.09. The second-order valence-corrected chi connectivity index (χ2v) is 6.81. The zero-order chi connectivity index (χ0) is 14.8. The number of aryl methyl sites for hydroxylation is 1. The monoisotopic (exact) mass is 340 g/mol. The second kappa shape index (κ2) is 6.19. The number of allylic oxidation sites excluding steroid dienone is 1. The number of benzene rings is 2. The van der Waals surface area contributed by atoms with Gasteiger partial charge in [0.05, 0.1) is 0 Å². The van der Waals surface area contributed by atoms with Crippen LogP contribution in [0.3, 0.4) is 0 Å². The second-order valence-electron chi connectivity index (χ2n) is 5.96. The van der Waals surface area contributed by atoms with Crippen LogP contribution < -0.4 is 0 Å². The Balaban J connectivity index is 1.97. The first-order chi connectivity index (χ1) is 10.2. The average molecular weight is 341 g/mol. The van der Waals surface area contributed by atoms with E-state index < -0.39 is 0 Å². The Morgan fingerprint density at radius 2 is 1.81 bits per heavy atom. The highest BCUT2D eigenvalue weighted by Crippen LogP contribution is 2.38. The van der Waals surface area contributed by atoms with E-state index in [1.807, 2.05) is 0 Å². The largest absolute Gasteiger partial charge is 0.0683 e. The van der Waals surface area contributed by atoms with Crippen molar-refractivity contribution in [2.45, 2.75) is 39.5 Å². The van der Waals surface area contributed by atoms with E-state index in [1.165, 1.54) is 57.1 Å². The van der Waals surface area contributed by atoms with Gasteiger partial charge in [-0.25, -0.2) is 0 Å². The van der Waals surface area contributed by atoms with Crippen molar-refractivity contribution in [3.05, 3.63) is 63.1 Å². The van der Waals surface area contributed by atoms with Gasteiger partial charge in [0.15, 0.2) is 0 Å². The van der Waals surface area contributed by atoms with Gasteiger partial charge in [-0.1, -0.05) is 71.3 Å². The van der Waals surface area contributed by atoms with Crippen molar-refractivity contribution in [1.29, 1.82) is 0 Å². The zero-order valence-electron chi connectivity index (χ0n) is 12.7. The maximum absolute atomic E-state index is 3.74. The van der Waals surface area contributed by atoms with Gasteiger partial charge in [-0.3, -0.25) is 0 Å². The molecule has 0 atom stereocenters. The number of halogens is 1. The molecule has 2 aromatic rings. The summed E-state index contributed by atoms with van der Waals surface area (Å²) in [5.74, 6) is 0. The van der Waals surface area contributed by atoms with E-state index >= 15 is 0 Å². The maximum atomic E-state index is 3.74. The number of rotatable bonds is 4. The summed E-state index contributed by atoms with van der Waals surface area (Å²) >= 11 is 3.74. The Morgan fingerprint density at radius 3 is 2.52 bits per heavy atom. The Labute approximate surface area is 136 Å². The molecule has 1 aliphatic rings. The summed E-state index contributed by atoms with van der Waals surface area (Å²) in [6.07, 6.45) is 7.09. The Hall–Kier alpha value is -1.34. The van der Waals surface area contributed by atoms with Crippen LogP contribution >= 0.6 is 15.9 Å². The molecule has 0 fully saturated rings. The van der Waals surface area contributed by atoms with Crippen molar-refractivity contribution < 1.29 is 0 Å². The molecule has 0 N–H and O–H groups in total. The molecule has 0 radical (unpaired) electrons. The minimum atomic E-state index is 1.07. The molecule has 1 heteroatoms. The van der Waals surface area contributed by atoms with E-state index in [4.69, 9.17) is 0 Å². The lowest BCUT2D eigenvalue weighted by atomic mass is 9.95. The number of unbranched alkanes of at least 4 members (excludes halogenated alkanes) is 1. The summed E-state index contributed by atoms with van der Waals surface area (Å²) in [5, 5.41) is 0. The standard InChI is InChI=1S/C20H21Br/c1-3-4-5-15-6-8-16(9-7-15)20-18-13-14(2)12-17(18)10-11-19(20)21/h6-12H,3-5,13H2,1-2H3. The highest BCUT2D eigenvalue weighted by molar-refractivity contribution is 9.10. The lowest BCUT2D eigenvalue weighted by Gasteiger charge is -2.12. The van der Waals surface area contributed by atoms with E-state index in [0.717, 1.165) is 6.42 Å². The molecule has 0 heterocycles. The van der Waals surface area contributed by atoms with Gasteiger partial charge in [-0.15, -0.1) is 0 Å².